The van der Waals surface area contributed by atoms with Crippen LogP contribution < -0.4 is 5.32 Å². The molecule has 2 aromatic carbocycles. The first kappa shape index (κ1) is 18.5. The lowest BCUT2D eigenvalue weighted by molar-refractivity contribution is 0.102. The van der Waals surface area contributed by atoms with E-state index in [4.69, 9.17) is 0 Å². The highest BCUT2D eigenvalue weighted by atomic mass is 19.1. The van der Waals surface area contributed by atoms with E-state index in [-0.39, 0.29) is 11.7 Å². The minimum Gasteiger partial charge on any atom is -0.322 e. The monoisotopic (exact) mass is 391 g/mol. The summed E-state index contributed by atoms with van der Waals surface area (Å²) in [6, 6.07) is 11.4. The largest absolute Gasteiger partial charge is 0.322 e. The number of aryl methyl sites for hydroxylation is 2. The zero-order valence-electron chi connectivity index (χ0n) is 16.1. The molecule has 0 saturated heterocycles. The van der Waals surface area contributed by atoms with Crippen molar-refractivity contribution in [3.05, 3.63) is 77.1 Å². The number of carbonyl (C=O) groups is 1. The van der Waals surface area contributed by atoms with Gasteiger partial charge >= 0.3 is 0 Å². The molecular formula is C20H18FN7O. The molecule has 0 aliphatic rings. The highest BCUT2D eigenvalue weighted by Gasteiger charge is 2.20. The van der Waals surface area contributed by atoms with Crippen LogP contribution in [-0.4, -0.2) is 35.9 Å². The number of rotatable bonds is 4. The summed E-state index contributed by atoms with van der Waals surface area (Å²) in [4.78, 5) is 12.9. The van der Waals surface area contributed by atoms with E-state index in [1.165, 1.54) is 18.5 Å². The Morgan fingerprint density at radius 3 is 2.48 bits per heavy atom. The van der Waals surface area contributed by atoms with Gasteiger partial charge in [-0.2, -0.15) is 5.10 Å². The molecule has 0 radical (unpaired) electrons. The van der Waals surface area contributed by atoms with Crippen LogP contribution in [0.2, 0.25) is 0 Å². The van der Waals surface area contributed by atoms with Gasteiger partial charge < -0.3 is 5.32 Å². The Labute approximate surface area is 166 Å². The Morgan fingerprint density at radius 2 is 1.83 bits per heavy atom. The van der Waals surface area contributed by atoms with Crippen molar-refractivity contribution in [1.82, 2.24) is 30.0 Å². The summed E-state index contributed by atoms with van der Waals surface area (Å²) < 4.78 is 16.4. The van der Waals surface area contributed by atoms with Crippen molar-refractivity contribution >= 4 is 11.6 Å². The van der Waals surface area contributed by atoms with Gasteiger partial charge in [0.05, 0.1) is 28.3 Å². The first-order chi connectivity index (χ1) is 13.9. The summed E-state index contributed by atoms with van der Waals surface area (Å²) in [5.41, 5.74) is 4.82. The SMILES string of the molecule is Cc1cc(NC(=O)c2c(C)nn(-c3ccc(F)cc3)c2C)ccc1-n1cnnn1. The smallest absolute Gasteiger partial charge is 0.259 e. The van der Waals surface area contributed by atoms with Gasteiger partial charge in [0.25, 0.3) is 5.91 Å². The number of benzene rings is 2. The van der Waals surface area contributed by atoms with E-state index in [2.05, 4.69) is 25.9 Å². The summed E-state index contributed by atoms with van der Waals surface area (Å²) in [7, 11) is 0. The average molecular weight is 391 g/mol. The van der Waals surface area contributed by atoms with Crippen molar-refractivity contribution in [1.29, 1.82) is 0 Å². The van der Waals surface area contributed by atoms with E-state index in [1.54, 1.807) is 34.5 Å². The normalized spacial score (nSPS) is 10.9. The minimum atomic E-state index is -0.325. The van der Waals surface area contributed by atoms with Crippen LogP contribution in [0.4, 0.5) is 10.1 Å². The fourth-order valence-electron chi connectivity index (χ4n) is 3.26. The molecule has 29 heavy (non-hydrogen) atoms. The number of tetrazole rings is 1. The molecule has 0 spiro atoms. The highest BCUT2D eigenvalue weighted by molar-refractivity contribution is 6.06. The van der Waals surface area contributed by atoms with Gasteiger partial charge in [0.2, 0.25) is 0 Å². The highest BCUT2D eigenvalue weighted by Crippen LogP contribution is 2.22. The van der Waals surface area contributed by atoms with E-state index in [9.17, 15) is 9.18 Å². The standard InChI is InChI=1S/C20H18FN7O/c1-12-10-16(6-9-18(12)27-11-22-25-26-27)23-20(29)19-13(2)24-28(14(19)3)17-7-4-15(21)5-8-17/h4-11H,1-3H3,(H,23,29). The quantitative estimate of drug-likeness (QED) is 0.577. The van der Waals surface area contributed by atoms with Crippen LogP contribution in [0, 0.1) is 26.6 Å². The molecule has 0 bridgehead atoms. The molecule has 0 saturated carbocycles. The first-order valence-electron chi connectivity index (χ1n) is 8.91. The third-order valence-corrected chi connectivity index (χ3v) is 4.64. The van der Waals surface area contributed by atoms with Gasteiger partial charge in [-0.3, -0.25) is 4.79 Å². The third-order valence-electron chi connectivity index (χ3n) is 4.64. The number of aromatic nitrogens is 6. The summed E-state index contributed by atoms with van der Waals surface area (Å²) in [6.45, 7) is 5.49. The Hall–Kier alpha value is -3.88. The van der Waals surface area contributed by atoms with Gasteiger partial charge in [-0.1, -0.05) is 0 Å². The summed E-state index contributed by atoms with van der Waals surface area (Å²) in [6.07, 6.45) is 1.51. The van der Waals surface area contributed by atoms with E-state index < -0.39 is 0 Å². The van der Waals surface area contributed by atoms with E-state index in [0.717, 1.165) is 11.3 Å². The summed E-state index contributed by atoms with van der Waals surface area (Å²) in [5, 5.41) is 18.5. The zero-order chi connectivity index (χ0) is 20.5. The number of halogens is 1. The number of nitrogens with zero attached hydrogens (tertiary/aromatic N) is 6. The van der Waals surface area contributed by atoms with E-state index in [1.807, 2.05) is 26.0 Å². The molecule has 2 aromatic heterocycles. The number of amides is 1. The third kappa shape index (κ3) is 3.49. The zero-order valence-corrected chi connectivity index (χ0v) is 16.1. The molecule has 2 heterocycles. The molecule has 0 fully saturated rings. The van der Waals surface area contributed by atoms with Crippen LogP contribution in [0.25, 0.3) is 11.4 Å². The lowest BCUT2D eigenvalue weighted by atomic mass is 10.1. The van der Waals surface area contributed by atoms with Crippen LogP contribution in [0.15, 0.2) is 48.8 Å². The molecule has 4 aromatic rings. The van der Waals surface area contributed by atoms with E-state index in [0.29, 0.717) is 28.3 Å². The van der Waals surface area contributed by atoms with Crippen molar-refractivity contribution in [3.63, 3.8) is 0 Å². The summed E-state index contributed by atoms with van der Waals surface area (Å²) >= 11 is 0. The Morgan fingerprint density at radius 1 is 1.07 bits per heavy atom. The maximum Gasteiger partial charge on any atom is 0.259 e. The molecule has 1 amide bonds. The molecule has 0 aliphatic heterocycles. The molecule has 0 atom stereocenters. The molecule has 0 unspecified atom stereocenters. The topological polar surface area (TPSA) is 90.5 Å². The molecule has 9 heteroatoms. The van der Waals surface area contributed by atoms with Crippen LogP contribution in [0.5, 0.6) is 0 Å². The van der Waals surface area contributed by atoms with Crippen LogP contribution in [0.1, 0.15) is 27.3 Å². The second kappa shape index (κ2) is 7.27. The molecule has 8 nitrogen and oxygen atoms in total. The summed E-state index contributed by atoms with van der Waals surface area (Å²) in [5.74, 6) is -0.586. The molecular weight excluding hydrogens is 373 g/mol. The number of nitrogens with one attached hydrogen (secondary N) is 1. The Bertz CT molecular complexity index is 1180. The van der Waals surface area contributed by atoms with Crippen molar-refractivity contribution in [3.8, 4) is 11.4 Å². The minimum absolute atomic E-state index is 0.261. The maximum absolute atomic E-state index is 13.2. The fourth-order valence-corrected chi connectivity index (χ4v) is 3.26. The van der Waals surface area contributed by atoms with Gasteiger partial charge in [-0.25, -0.2) is 13.8 Å². The molecule has 0 aliphatic carbocycles. The lowest BCUT2D eigenvalue weighted by Crippen LogP contribution is -2.14. The van der Waals surface area contributed by atoms with Gasteiger partial charge in [0, 0.05) is 5.69 Å². The molecule has 1 N–H and O–H groups in total. The van der Waals surface area contributed by atoms with Crippen molar-refractivity contribution < 1.29 is 9.18 Å². The van der Waals surface area contributed by atoms with Crippen molar-refractivity contribution in [2.75, 3.05) is 5.32 Å². The second-order valence-electron chi connectivity index (χ2n) is 6.64. The predicted molar refractivity (Wildman–Crippen MR) is 105 cm³/mol. The van der Waals surface area contributed by atoms with Crippen LogP contribution in [0.3, 0.4) is 0 Å². The van der Waals surface area contributed by atoms with Crippen LogP contribution >= 0.6 is 0 Å². The van der Waals surface area contributed by atoms with Crippen LogP contribution in [-0.2, 0) is 0 Å². The number of hydrogen-bond donors (Lipinski definition) is 1. The fraction of sp³-hybridized carbons (Fsp3) is 0.150. The number of hydrogen-bond acceptors (Lipinski definition) is 5. The Balaban J connectivity index is 1.61. The van der Waals surface area contributed by atoms with Gasteiger partial charge in [-0.15, -0.1) is 5.10 Å². The lowest BCUT2D eigenvalue weighted by Gasteiger charge is -2.10. The van der Waals surface area contributed by atoms with Gasteiger partial charge in [0.15, 0.2) is 0 Å². The molecule has 4 rings (SSSR count). The van der Waals surface area contributed by atoms with E-state index >= 15 is 0 Å². The molecule has 146 valence electrons. The van der Waals surface area contributed by atoms with Gasteiger partial charge in [-0.05, 0) is 79.2 Å². The predicted octanol–water partition coefficient (Wildman–Crippen LogP) is 3.16. The van der Waals surface area contributed by atoms with Crippen molar-refractivity contribution in [2.24, 2.45) is 0 Å². The second-order valence-corrected chi connectivity index (χ2v) is 6.64. The average Bonchev–Trinajstić information content (AvgIpc) is 3.31. The maximum atomic E-state index is 13.2. The first-order valence-corrected chi connectivity index (χ1v) is 8.91. The number of anilines is 1. The number of carbonyl (C=O) groups excluding carboxylic acids is 1. The Kier molecular flexibility index (Phi) is 4.63. The van der Waals surface area contributed by atoms with Gasteiger partial charge in [0.1, 0.15) is 12.1 Å². The van der Waals surface area contributed by atoms with Crippen molar-refractivity contribution in [2.45, 2.75) is 20.8 Å².